The minimum atomic E-state index is -0.0324. The molecule has 0 spiro atoms. The van der Waals surface area contributed by atoms with E-state index in [9.17, 15) is 9.59 Å². The van der Waals surface area contributed by atoms with Crippen LogP contribution in [0.5, 0.6) is 0 Å². The lowest BCUT2D eigenvalue weighted by atomic mass is 10.1. The van der Waals surface area contributed by atoms with Gasteiger partial charge in [0.1, 0.15) is 0 Å². The van der Waals surface area contributed by atoms with Crippen LogP contribution in [0.15, 0.2) is 30.3 Å². The number of ketones is 1. The number of thioether (sulfide) groups is 1. The molecule has 21 heavy (non-hydrogen) atoms. The number of benzene rings is 1. The van der Waals surface area contributed by atoms with Crippen molar-refractivity contribution >= 4 is 23.5 Å². The van der Waals surface area contributed by atoms with Crippen molar-refractivity contribution in [2.75, 3.05) is 24.7 Å². The summed E-state index contributed by atoms with van der Waals surface area (Å²) >= 11 is 1.35. The number of carbonyl (C=O) groups excluding carboxylic acids is 2. The largest absolute Gasteiger partial charge is 0.376 e. The fraction of sp³-hybridized carbons (Fsp3) is 0.500. The second-order valence-electron chi connectivity index (χ2n) is 5.07. The van der Waals surface area contributed by atoms with Crippen LogP contribution in [-0.2, 0) is 9.53 Å². The van der Waals surface area contributed by atoms with Gasteiger partial charge in [-0.1, -0.05) is 30.3 Å². The Hall–Kier alpha value is -1.33. The summed E-state index contributed by atoms with van der Waals surface area (Å²) < 4.78 is 5.55. The minimum absolute atomic E-state index is 0.0324. The number of rotatable bonds is 7. The van der Waals surface area contributed by atoms with Gasteiger partial charge in [-0.15, -0.1) is 11.8 Å². The van der Waals surface area contributed by atoms with Gasteiger partial charge in [0.2, 0.25) is 5.91 Å². The summed E-state index contributed by atoms with van der Waals surface area (Å²) in [6.07, 6.45) is 3.45. The van der Waals surface area contributed by atoms with Crippen LogP contribution in [0.25, 0.3) is 0 Å². The van der Waals surface area contributed by atoms with Gasteiger partial charge in [-0.3, -0.25) is 9.59 Å². The molecule has 1 aliphatic rings. The predicted octanol–water partition coefficient (Wildman–Crippen LogP) is 2.29. The van der Waals surface area contributed by atoms with Crippen molar-refractivity contribution in [2.24, 2.45) is 0 Å². The summed E-state index contributed by atoms with van der Waals surface area (Å²) in [6, 6.07) is 9.15. The molecule has 1 heterocycles. The van der Waals surface area contributed by atoms with E-state index in [1.165, 1.54) is 18.2 Å². The van der Waals surface area contributed by atoms with Gasteiger partial charge in [0, 0.05) is 18.7 Å². The molecule has 1 aliphatic heterocycles. The first-order valence-electron chi connectivity index (χ1n) is 7.30. The molecule has 0 saturated carbocycles. The Bertz CT molecular complexity index is 458. The molecule has 1 unspecified atom stereocenters. The molecule has 1 aromatic carbocycles. The SMILES string of the molecule is O=C(CSCC(=O)c1ccccc1)NCC1CCCCO1. The van der Waals surface area contributed by atoms with Crippen LogP contribution in [0.4, 0.5) is 0 Å². The average molecular weight is 307 g/mol. The molecule has 1 aromatic rings. The highest BCUT2D eigenvalue weighted by atomic mass is 32.2. The molecular formula is C16H21NO3S. The third-order valence-corrected chi connectivity index (χ3v) is 4.30. The fourth-order valence-electron chi connectivity index (χ4n) is 2.19. The number of nitrogens with one attached hydrogen (secondary N) is 1. The minimum Gasteiger partial charge on any atom is -0.376 e. The van der Waals surface area contributed by atoms with Crippen LogP contribution in [-0.4, -0.2) is 42.5 Å². The number of ether oxygens (including phenoxy) is 1. The van der Waals surface area contributed by atoms with Crippen LogP contribution in [0.3, 0.4) is 0 Å². The molecule has 1 fully saturated rings. The van der Waals surface area contributed by atoms with Gasteiger partial charge in [0.05, 0.1) is 17.6 Å². The van der Waals surface area contributed by atoms with E-state index in [0.717, 1.165) is 19.4 Å². The van der Waals surface area contributed by atoms with E-state index in [0.29, 0.717) is 23.6 Å². The molecule has 1 atom stereocenters. The van der Waals surface area contributed by atoms with E-state index in [4.69, 9.17) is 4.74 Å². The van der Waals surface area contributed by atoms with E-state index >= 15 is 0 Å². The normalized spacial score (nSPS) is 18.2. The van der Waals surface area contributed by atoms with Crippen molar-refractivity contribution in [3.8, 4) is 0 Å². The van der Waals surface area contributed by atoms with Crippen LogP contribution in [0.1, 0.15) is 29.6 Å². The number of hydrogen-bond acceptors (Lipinski definition) is 4. The molecule has 1 N–H and O–H groups in total. The second-order valence-corrected chi connectivity index (χ2v) is 6.06. The van der Waals surface area contributed by atoms with E-state index in [1.54, 1.807) is 12.1 Å². The fourth-order valence-corrected chi connectivity index (χ4v) is 2.93. The smallest absolute Gasteiger partial charge is 0.230 e. The van der Waals surface area contributed by atoms with Gasteiger partial charge < -0.3 is 10.1 Å². The third kappa shape index (κ3) is 5.89. The highest BCUT2D eigenvalue weighted by molar-refractivity contribution is 8.00. The first-order chi connectivity index (χ1) is 10.3. The van der Waals surface area contributed by atoms with Gasteiger partial charge in [-0.2, -0.15) is 0 Å². The van der Waals surface area contributed by atoms with Crippen LogP contribution in [0, 0.1) is 0 Å². The maximum atomic E-state index is 11.9. The highest BCUT2D eigenvalue weighted by Gasteiger charge is 2.14. The molecule has 4 nitrogen and oxygen atoms in total. The van der Waals surface area contributed by atoms with Crippen molar-refractivity contribution in [3.05, 3.63) is 35.9 Å². The summed E-state index contributed by atoms with van der Waals surface area (Å²) in [4.78, 5) is 23.6. The van der Waals surface area contributed by atoms with Crippen molar-refractivity contribution in [1.29, 1.82) is 0 Å². The molecule has 114 valence electrons. The van der Waals surface area contributed by atoms with Crippen molar-refractivity contribution < 1.29 is 14.3 Å². The molecule has 0 radical (unpaired) electrons. The van der Waals surface area contributed by atoms with Gasteiger partial charge in [0.15, 0.2) is 5.78 Å². The first kappa shape index (κ1) is 16.0. The lowest BCUT2D eigenvalue weighted by Gasteiger charge is -2.22. The Kier molecular flexibility index (Phi) is 6.76. The summed E-state index contributed by atoms with van der Waals surface area (Å²) in [5.41, 5.74) is 0.695. The van der Waals surface area contributed by atoms with Gasteiger partial charge >= 0.3 is 0 Å². The number of Topliss-reactive ketones (excluding diaryl/α,β-unsaturated/α-hetero) is 1. The van der Waals surface area contributed by atoms with Gasteiger partial charge in [-0.05, 0) is 19.3 Å². The summed E-state index contributed by atoms with van der Waals surface area (Å²) in [6.45, 7) is 1.37. The topological polar surface area (TPSA) is 55.4 Å². The molecule has 0 aliphatic carbocycles. The highest BCUT2D eigenvalue weighted by Crippen LogP contribution is 2.12. The van der Waals surface area contributed by atoms with E-state index in [2.05, 4.69) is 5.32 Å². The summed E-state index contributed by atoms with van der Waals surface area (Å²) in [5, 5.41) is 2.87. The zero-order chi connectivity index (χ0) is 14.9. The van der Waals surface area contributed by atoms with Crippen LogP contribution < -0.4 is 5.32 Å². The van der Waals surface area contributed by atoms with Gasteiger partial charge in [0.25, 0.3) is 0 Å². The molecule has 1 saturated heterocycles. The van der Waals surface area contributed by atoms with Crippen molar-refractivity contribution in [3.63, 3.8) is 0 Å². The first-order valence-corrected chi connectivity index (χ1v) is 8.45. The van der Waals surface area contributed by atoms with Crippen molar-refractivity contribution in [1.82, 2.24) is 5.32 Å². The monoisotopic (exact) mass is 307 g/mol. The molecular weight excluding hydrogens is 286 g/mol. The Morgan fingerprint density at radius 3 is 2.71 bits per heavy atom. The zero-order valence-electron chi connectivity index (χ0n) is 12.0. The molecule has 5 heteroatoms. The standard InChI is InChI=1S/C16H21NO3S/c18-15(13-6-2-1-3-7-13)11-21-12-16(19)17-10-14-8-4-5-9-20-14/h1-3,6-7,14H,4-5,8-12H2,(H,17,19). The van der Waals surface area contributed by atoms with Gasteiger partial charge in [-0.25, -0.2) is 0 Å². The van der Waals surface area contributed by atoms with Crippen LogP contribution >= 0.6 is 11.8 Å². The zero-order valence-corrected chi connectivity index (χ0v) is 12.9. The summed E-state index contributed by atoms with van der Waals surface area (Å²) in [7, 11) is 0. The Labute approximate surface area is 129 Å². The van der Waals surface area contributed by atoms with Crippen molar-refractivity contribution in [2.45, 2.75) is 25.4 Å². The molecule has 1 amide bonds. The van der Waals surface area contributed by atoms with E-state index in [-0.39, 0.29) is 17.8 Å². The predicted molar refractivity (Wildman–Crippen MR) is 84.7 cm³/mol. The quantitative estimate of drug-likeness (QED) is 0.785. The number of carbonyl (C=O) groups is 2. The third-order valence-electron chi connectivity index (χ3n) is 3.36. The average Bonchev–Trinajstić information content (AvgIpc) is 2.54. The number of hydrogen-bond donors (Lipinski definition) is 1. The maximum Gasteiger partial charge on any atom is 0.230 e. The Morgan fingerprint density at radius 1 is 1.19 bits per heavy atom. The van der Waals surface area contributed by atoms with Crippen LogP contribution in [0.2, 0.25) is 0 Å². The second kappa shape index (κ2) is 8.85. The van der Waals surface area contributed by atoms with E-state index < -0.39 is 0 Å². The lowest BCUT2D eigenvalue weighted by molar-refractivity contribution is -0.119. The Balaban J connectivity index is 1.59. The molecule has 0 aromatic heterocycles. The molecule has 0 bridgehead atoms. The Morgan fingerprint density at radius 2 is 2.00 bits per heavy atom. The molecule has 2 rings (SSSR count). The summed E-state index contributed by atoms with van der Waals surface area (Å²) in [5.74, 6) is 0.668. The number of amides is 1. The maximum absolute atomic E-state index is 11.9. The lowest BCUT2D eigenvalue weighted by Crippen LogP contribution is -2.36. The van der Waals surface area contributed by atoms with E-state index in [1.807, 2.05) is 18.2 Å².